The lowest BCUT2D eigenvalue weighted by molar-refractivity contribution is -0.0389. The first-order chi connectivity index (χ1) is 15.9. The van der Waals surface area contributed by atoms with Crippen molar-refractivity contribution in [3.63, 3.8) is 0 Å². The van der Waals surface area contributed by atoms with Crippen molar-refractivity contribution in [3.05, 3.63) is 18.1 Å². The third-order valence-corrected chi connectivity index (χ3v) is 17.6. The van der Waals surface area contributed by atoms with Crippen LogP contribution in [0.25, 0.3) is 5.65 Å². The van der Waals surface area contributed by atoms with Crippen LogP contribution in [0.5, 0.6) is 0 Å². The zero-order valence-electron chi connectivity index (χ0n) is 21.4. The van der Waals surface area contributed by atoms with Crippen LogP contribution in [0.3, 0.4) is 0 Å². The summed E-state index contributed by atoms with van der Waals surface area (Å²) in [6.45, 7) is 17.7. The van der Waals surface area contributed by atoms with E-state index in [0.29, 0.717) is 17.8 Å². The molecule has 2 aromatic rings. The van der Waals surface area contributed by atoms with Gasteiger partial charge in [-0.3, -0.25) is 0 Å². The van der Waals surface area contributed by atoms with E-state index in [9.17, 15) is 5.11 Å². The molecule has 4 atom stereocenters. The van der Waals surface area contributed by atoms with Crippen molar-refractivity contribution in [1.29, 1.82) is 0 Å². The van der Waals surface area contributed by atoms with Crippen molar-refractivity contribution in [2.75, 3.05) is 12.3 Å². The highest BCUT2D eigenvalue weighted by Crippen LogP contribution is 2.49. The Morgan fingerprint density at radius 2 is 1.62 bits per heavy atom. The Hall–Kier alpha value is -1.42. The first-order valence-corrected chi connectivity index (χ1v) is 16.2. The molecule has 0 amide bonds. The maximum atomic E-state index is 11.5. The summed E-state index contributed by atoms with van der Waals surface area (Å²) in [7, 11) is -5.54. The van der Waals surface area contributed by atoms with Crippen molar-refractivity contribution in [3.8, 4) is 0 Å². The molecule has 4 heterocycles. The summed E-state index contributed by atoms with van der Waals surface area (Å²) in [5.74, 6) is 0.221. The average Bonchev–Trinajstić information content (AvgIpc) is 3.29. The van der Waals surface area contributed by atoms with Gasteiger partial charge in [-0.05, 0) is 22.2 Å². The molecule has 2 aromatic heterocycles. The third-order valence-electron chi connectivity index (χ3n) is 7.33. The number of nitrogens with two attached hydrogens (primary N) is 1. The number of aliphatic hydroxyl groups excluding tert-OH is 1. The molecule has 0 aliphatic carbocycles. The molecule has 0 unspecified atom stereocenters. The van der Waals surface area contributed by atoms with Crippen molar-refractivity contribution in [2.24, 2.45) is 0 Å². The van der Waals surface area contributed by atoms with Gasteiger partial charge in [0.1, 0.15) is 30.7 Å². The van der Waals surface area contributed by atoms with Gasteiger partial charge in [0.15, 0.2) is 5.65 Å². The lowest BCUT2D eigenvalue weighted by atomic mass is 10.0. The van der Waals surface area contributed by atoms with Gasteiger partial charge in [0.25, 0.3) is 0 Å². The van der Waals surface area contributed by atoms with Gasteiger partial charge in [-0.15, -0.1) is 0 Å². The molecule has 3 N–H and O–H groups in total. The number of nitrogen functional groups attached to an aromatic ring is 1. The van der Waals surface area contributed by atoms with Gasteiger partial charge in [-0.1, -0.05) is 55.4 Å². The van der Waals surface area contributed by atoms with Crippen molar-refractivity contribution in [2.45, 2.75) is 102 Å². The molecule has 0 radical (unpaired) electrons. The highest BCUT2D eigenvalue weighted by Gasteiger charge is 2.61. The fraction of sp³-hybridized carbons (Fsp3) is 0.773. The molecule has 12 heteroatoms. The van der Waals surface area contributed by atoms with Gasteiger partial charge in [0.2, 0.25) is 5.95 Å². The fourth-order valence-corrected chi connectivity index (χ4v) is 16.7. The van der Waals surface area contributed by atoms with Gasteiger partial charge >= 0.3 is 17.1 Å². The largest absolute Gasteiger partial charge is 0.414 e. The van der Waals surface area contributed by atoms with E-state index in [1.54, 1.807) is 6.20 Å². The van der Waals surface area contributed by atoms with Gasteiger partial charge in [-0.25, -0.2) is 9.97 Å². The van der Waals surface area contributed by atoms with Crippen LogP contribution in [0, 0.1) is 0 Å². The van der Waals surface area contributed by atoms with Crippen molar-refractivity contribution < 1.29 is 22.8 Å². The summed E-state index contributed by atoms with van der Waals surface area (Å²) >= 11 is 0. The van der Waals surface area contributed by atoms with Crippen molar-refractivity contribution >= 4 is 28.7 Å². The SMILES string of the molecule is CC(C)[Si]1(C(C)C)OC[C@H]2O[C@@H](c3cnn4c(N)ncnc34)[C@H](O)[C@@H]2O[Si](C(C)C)(C(C)C)O1. The first-order valence-electron chi connectivity index (χ1n) is 12.2. The maximum absolute atomic E-state index is 11.5. The molecular weight excluding hydrogens is 470 g/mol. The Morgan fingerprint density at radius 3 is 2.21 bits per heavy atom. The Labute approximate surface area is 203 Å². The predicted molar refractivity (Wildman–Crippen MR) is 133 cm³/mol. The van der Waals surface area contributed by atoms with Gasteiger partial charge in [0.05, 0.1) is 12.8 Å². The summed E-state index contributed by atoms with van der Waals surface area (Å²) in [5.41, 5.74) is 7.89. The molecule has 2 saturated heterocycles. The maximum Gasteiger partial charge on any atom is 0.335 e. The molecule has 2 fully saturated rings. The summed E-state index contributed by atoms with van der Waals surface area (Å²) in [6.07, 6.45) is 0.381. The highest BCUT2D eigenvalue weighted by atomic mass is 28.5. The molecule has 0 aromatic carbocycles. The minimum absolute atomic E-state index is 0.162. The minimum atomic E-state index is -2.86. The molecule has 10 nitrogen and oxygen atoms in total. The van der Waals surface area contributed by atoms with E-state index in [0.717, 1.165) is 0 Å². The average molecular weight is 510 g/mol. The van der Waals surface area contributed by atoms with Crippen LogP contribution < -0.4 is 5.73 Å². The second-order valence-electron chi connectivity index (χ2n) is 10.7. The van der Waals surface area contributed by atoms with E-state index in [2.05, 4.69) is 70.5 Å². The Morgan fingerprint density at radius 1 is 1.00 bits per heavy atom. The molecule has 4 rings (SSSR count). The Balaban J connectivity index is 1.77. The van der Waals surface area contributed by atoms with Crippen LogP contribution in [0.15, 0.2) is 12.5 Å². The zero-order chi connectivity index (χ0) is 25.0. The molecule has 190 valence electrons. The second-order valence-corrected chi connectivity index (χ2v) is 19.6. The smallest absolute Gasteiger partial charge is 0.335 e. The molecule has 2 aliphatic heterocycles. The number of fused-ring (bicyclic) bond motifs is 2. The predicted octanol–water partition coefficient (Wildman–Crippen LogP) is 3.46. The molecular formula is C22H39N5O5Si2. The van der Waals surface area contributed by atoms with E-state index in [4.69, 9.17) is 23.4 Å². The Bertz CT molecular complexity index is 1000. The van der Waals surface area contributed by atoms with E-state index in [-0.39, 0.29) is 28.1 Å². The second kappa shape index (κ2) is 9.23. The molecule has 0 bridgehead atoms. The molecule has 34 heavy (non-hydrogen) atoms. The first kappa shape index (κ1) is 25.7. The minimum Gasteiger partial charge on any atom is -0.414 e. The number of rotatable bonds is 5. The number of aliphatic hydroxyl groups is 1. The van der Waals surface area contributed by atoms with Gasteiger partial charge in [-0.2, -0.15) is 9.61 Å². The number of aromatic nitrogens is 4. The summed E-state index contributed by atoms with van der Waals surface area (Å²) < 4.78 is 28.8. The number of ether oxygens (including phenoxy) is 1. The topological polar surface area (TPSA) is 126 Å². The molecule has 0 saturated carbocycles. The van der Waals surface area contributed by atoms with Crippen LogP contribution >= 0.6 is 0 Å². The number of nitrogens with zero attached hydrogens (tertiary/aromatic N) is 4. The fourth-order valence-electron chi connectivity index (χ4n) is 5.46. The number of anilines is 1. The monoisotopic (exact) mass is 509 g/mol. The van der Waals surface area contributed by atoms with Crippen LogP contribution in [-0.2, 0) is 17.7 Å². The summed E-state index contributed by atoms with van der Waals surface area (Å²) in [4.78, 5) is 8.31. The van der Waals surface area contributed by atoms with Gasteiger partial charge in [0, 0.05) is 5.56 Å². The van der Waals surface area contributed by atoms with Gasteiger partial charge < -0.3 is 28.5 Å². The quantitative estimate of drug-likeness (QED) is 0.583. The van der Waals surface area contributed by atoms with Crippen LogP contribution in [0.4, 0.5) is 5.95 Å². The van der Waals surface area contributed by atoms with E-state index < -0.39 is 41.5 Å². The Kier molecular flexibility index (Phi) is 6.97. The summed E-state index contributed by atoms with van der Waals surface area (Å²) in [6, 6.07) is 0. The van der Waals surface area contributed by atoms with E-state index in [1.807, 2.05) is 0 Å². The zero-order valence-corrected chi connectivity index (χ0v) is 23.4. The lowest BCUT2D eigenvalue weighted by Crippen LogP contribution is -2.65. The van der Waals surface area contributed by atoms with Crippen molar-refractivity contribution in [1.82, 2.24) is 19.6 Å². The lowest BCUT2D eigenvalue weighted by Gasteiger charge is -2.51. The van der Waals surface area contributed by atoms with Crippen LogP contribution in [-0.4, -0.2) is 66.7 Å². The van der Waals surface area contributed by atoms with Crippen LogP contribution in [0.2, 0.25) is 22.2 Å². The van der Waals surface area contributed by atoms with E-state index in [1.165, 1.54) is 10.8 Å². The van der Waals surface area contributed by atoms with E-state index >= 15 is 0 Å². The molecule has 2 aliphatic rings. The summed E-state index contributed by atoms with van der Waals surface area (Å²) in [5, 5.41) is 15.8. The standard InChI is InChI=1S/C22H39N5O5Si2/c1-12(2)33(13(3)4)29-10-17-20(31-34(32-33,14(5)6)15(7)8)18(28)19(30-17)16-9-26-27-21(16)24-11-25-22(27)23/h9,11-15,17-20,28H,10H2,1-8H3,(H2,23,24,25)/t17-,18+,19+,20-/m1/s1. The molecule has 0 spiro atoms. The normalized spacial score (nSPS) is 29.2. The third kappa shape index (κ3) is 3.92. The highest BCUT2D eigenvalue weighted by molar-refractivity contribution is 6.83. The number of hydrogen-bond acceptors (Lipinski definition) is 9. The number of hydrogen-bond donors (Lipinski definition) is 2. The van der Waals surface area contributed by atoms with Crippen LogP contribution in [0.1, 0.15) is 67.1 Å².